The van der Waals surface area contributed by atoms with Crippen LogP contribution in [0.3, 0.4) is 0 Å². The van der Waals surface area contributed by atoms with E-state index in [1.807, 2.05) is 36.8 Å². The molecule has 4 unspecified atom stereocenters. The number of aromatic nitrogens is 3. The molecule has 3 aromatic heterocycles. The fourth-order valence-electron chi connectivity index (χ4n) is 6.15. The van der Waals surface area contributed by atoms with E-state index in [0.29, 0.717) is 5.92 Å². The maximum atomic E-state index is 4.86. The predicted octanol–water partition coefficient (Wildman–Crippen LogP) is 4.30. The first kappa shape index (κ1) is 20.3. The monoisotopic (exact) mass is 413 g/mol. The molecule has 2 saturated heterocycles. The quantitative estimate of drug-likeness (QED) is 0.638. The maximum absolute atomic E-state index is 4.86. The van der Waals surface area contributed by atoms with E-state index in [2.05, 4.69) is 72.1 Å². The zero-order valence-corrected chi connectivity index (χ0v) is 18.6. The highest BCUT2D eigenvalue weighted by atomic mass is 15.3. The highest BCUT2D eigenvalue weighted by Gasteiger charge is 2.60. The van der Waals surface area contributed by atoms with Crippen LogP contribution in [0.2, 0.25) is 0 Å². The van der Waals surface area contributed by atoms with Gasteiger partial charge in [0.2, 0.25) is 0 Å². The predicted molar refractivity (Wildman–Crippen MR) is 122 cm³/mol. The Hall–Kier alpha value is -2.63. The van der Waals surface area contributed by atoms with E-state index < -0.39 is 0 Å². The van der Waals surface area contributed by atoms with Crippen LogP contribution in [0, 0.1) is 11.3 Å². The standard InChI is InChI=1S/C26H31N5/c1-25-16-20(17-31(19-25)18-21-10-4-7-13-27-21)24(22-11-5-8-14-28-22)30(3)26(25,2)23-12-6-9-15-29-23/h4-15,20,24H,16-19H2,1-3H3. The molecule has 5 nitrogen and oxygen atoms in total. The van der Waals surface area contributed by atoms with Gasteiger partial charge >= 0.3 is 0 Å². The number of nitrogens with zero attached hydrogens (tertiary/aromatic N) is 5. The normalized spacial score (nSPS) is 31.5. The summed E-state index contributed by atoms with van der Waals surface area (Å²) in [6.45, 7) is 7.78. The SMILES string of the molecule is CN1C(c2ccccn2)C2CN(Cc3ccccn3)CC(C)(C2)C1(C)c1ccccn1. The molecular weight excluding hydrogens is 382 g/mol. The first-order valence-corrected chi connectivity index (χ1v) is 11.2. The Bertz CT molecular complexity index is 1010. The second-order valence-electron chi connectivity index (χ2n) is 9.61. The molecule has 2 bridgehead atoms. The summed E-state index contributed by atoms with van der Waals surface area (Å²) in [6, 6.07) is 19.0. The van der Waals surface area contributed by atoms with Crippen molar-refractivity contribution >= 4 is 0 Å². The molecule has 2 aliphatic rings. The summed E-state index contributed by atoms with van der Waals surface area (Å²) in [4.78, 5) is 19.4. The Labute approximate surface area is 185 Å². The van der Waals surface area contributed by atoms with Gasteiger partial charge in [-0.15, -0.1) is 0 Å². The molecule has 5 heteroatoms. The van der Waals surface area contributed by atoms with E-state index in [0.717, 1.165) is 43.1 Å². The summed E-state index contributed by atoms with van der Waals surface area (Å²) in [5.41, 5.74) is 3.26. The zero-order valence-electron chi connectivity index (χ0n) is 18.6. The lowest BCUT2D eigenvalue weighted by Gasteiger charge is -2.64. The van der Waals surface area contributed by atoms with Crippen LogP contribution in [0.5, 0.6) is 0 Å². The van der Waals surface area contributed by atoms with Crippen LogP contribution in [-0.4, -0.2) is 44.9 Å². The lowest BCUT2D eigenvalue weighted by atomic mass is 9.57. The van der Waals surface area contributed by atoms with Crippen molar-refractivity contribution in [1.29, 1.82) is 0 Å². The van der Waals surface area contributed by atoms with Gasteiger partial charge in [-0.2, -0.15) is 0 Å². The summed E-state index contributed by atoms with van der Waals surface area (Å²) < 4.78 is 0. The summed E-state index contributed by atoms with van der Waals surface area (Å²) in [6.07, 6.45) is 6.90. The molecule has 2 aliphatic heterocycles. The van der Waals surface area contributed by atoms with Gasteiger partial charge in [-0.25, -0.2) is 0 Å². The van der Waals surface area contributed by atoms with Gasteiger partial charge in [0.15, 0.2) is 0 Å². The van der Waals surface area contributed by atoms with E-state index in [1.165, 1.54) is 0 Å². The van der Waals surface area contributed by atoms with Crippen LogP contribution in [0.15, 0.2) is 73.2 Å². The van der Waals surface area contributed by atoms with Gasteiger partial charge in [0.05, 0.1) is 28.7 Å². The summed E-state index contributed by atoms with van der Waals surface area (Å²) in [7, 11) is 2.27. The largest absolute Gasteiger partial charge is 0.297 e. The van der Waals surface area contributed by atoms with Crippen molar-refractivity contribution in [3.05, 3.63) is 90.3 Å². The Kier molecular flexibility index (Phi) is 5.11. The first-order chi connectivity index (χ1) is 15.0. The lowest BCUT2D eigenvalue weighted by molar-refractivity contribution is -0.157. The Morgan fingerprint density at radius 3 is 2.26 bits per heavy atom. The van der Waals surface area contributed by atoms with Gasteiger partial charge in [-0.3, -0.25) is 24.8 Å². The molecule has 2 fully saturated rings. The smallest absolute Gasteiger partial charge is 0.0674 e. The lowest BCUT2D eigenvalue weighted by Crippen LogP contribution is -2.67. The molecule has 0 saturated carbocycles. The summed E-state index contributed by atoms with van der Waals surface area (Å²) in [5, 5.41) is 0. The van der Waals surface area contributed by atoms with Crippen LogP contribution in [-0.2, 0) is 12.1 Å². The number of rotatable bonds is 4. The average Bonchev–Trinajstić information content (AvgIpc) is 2.79. The molecule has 0 radical (unpaired) electrons. The van der Waals surface area contributed by atoms with Crippen molar-refractivity contribution in [2.45, 2.75) is 38.4 Å². The van der Waals surface area contributed by atoms with Gasteiger partial charge in [0, 0.05) is 43.6 Å². The zero-order chi connectivity index (χ0) is 21.5. The first-order valence-electron chi connectivity index (χ1n) is 11.2. The molecule has 5 heterocycles. The molecule has 5 rings (SSSR count). The number of pyridine rings is 3. The minimum atomic E-state index is -0.213. The fraction of sp³-hybridized carbons (Fsp3) is 0.423. The summed E-state index contributed by atoms with van der Waals surface area (Å²) >= 11 is 0. The average molecular weight is 414 g/mol. The molecule has 31 heavy (non-hydrogen) atoms. The maximum Gasteiger partial charge on any atom is 0.0674 e. The summed E-state index contributed by atoms with van der Waals surface area (Å²) in [5.74, 6) is 0.499. The van der Waals surface area contributed by atoms with Crippen molar-refractivity contribution in [3.8, 4) is 0 Å². The third-order valence-corrected chi connectivity index (χ3v) is 7.79. The van der Waals surface area contributed by atoms with Crippen molar-refractivity contribution in [2.24, 2.45) is 11.3 Å². The molecule has 0 N–H and O–H groups in total. The molecular formula is C26H31N5. The van der Waals surface area contributed by atoms with Crippen molar-refractivity contribution < 1.29 is 0 Å². The van der Waals surface area contributed by atoms with E-state index in [-0.39, 0.29) is 17.0 Å². The van der Waals surface area contributed by atoms with E-state index >= 15 is 0 Å². The Morgan fingerprint density at radius 1 is 0.903 bits per heavy atom. The topological polar surface area (TPSA) is 45.2 Å². The number of fused-ring (bicyclic) bond motifs is 2. The van der Waals surface area contributed by atoms with Crippen molar-refractivity contribution in [3.63, 3.8) is 0 Å². The third kappa shape index (κ3) is 3.36. The van der Waals surface area contributed by atoms with Crippen LogP contribution in [0.1, 0.15) is 43.4 Å². The van der Waals surface area contributed by atoms with Crippen LogP contribution < -0.4 is 0 Å². The molecule has 4 atom stereocenters. The highest BCUT2D eigenvalue weighted by molar-refractivity contribution is 5.27. The second kappa shape index (κ2) is 7.81. The van der Waals surface area contributed by atoms with Gasteiger partial charge < -0.3 is 0 Å². The number of piperidine rings is 2. The third-order valence-electron chi connectivity index (χ3n) is 7.79. The minimum absolute atomic E-state index is 0.0546. The van der Waals surface area contributed by atoms with E-state index in [4.69, 9.17) is 9.97 Å². The molecule has 0 aromatic carbocycles. The molecule has 0 amide bonds. The van der Waals surface area contributed by atoms with Gasteiger partial charge in [0.1, 0.15) is 0 Å². The van der Waals surface area contributed by atoms with E-state index in [9.17, 15) is 0 Å². The Balaban J connectivity index is 1.59. The molecule has 0 spiro atoms. The minimum Gasteiger partial charge on any atom is -0.297 e. The molecule has 160 valence electrons. The number of likely N-dealkylation sites (tertiary alicyclic amines) is 2. The fourth-order valence-corrected chi connectivity index (χ4v) is 6.15. The van der Waals surface area contributed by atoms with Gasteiger partial charge in [-0.1, -0.05) is 25.1 Å². The number of hydrogen-bond donors (Lipinski definition) is 0. The number of hydrogen-bond acceptors (Lipinski definition) is 5. The Morgan fingerprint density at radius 2 is 1.61 bits per heavy atom. The van der Waals surface area contributed by atoms with Crippen molar-refractivity contribution in [1.82, 2.24) is 24.8 Å². The van der Waals surface area contributed by atoms with Crippen molar-refractivity contribution in [2.75, 3.05) is 20.1 Å². The van der Waals surface area contributed by atoms with Crippen LogP contribution in [0.4, 0.5) is 0 Å². The molecule has 0 aliphatic carbocycles. The van der Waals surface area contributed by atoms with Gasteiger partial charge in [-0.05, 0) is 62.7 Å². The second-order valence-corrected chi connectivity index (χ2v) is 9.61. The van der Waals surface area contributed by atoms with Gasteiger partial charge in [0.25, 0.3) is 0 Å². The molecule has 3 aromatic rings. The van der Waals surface area contributed by atoms with Crippen LogP contribution in [0.25, 0.3) is 0 Å². The highest BCUT2D eigenvalue weighted by Crippen LogP contribution is 2.58. The van der Waals surface area contributed by atoms with Crippen LogP contribution >= 0.6 is 0 Å². The van der Waals surface area contributed by atoms with E-state index in [1.54, 1.807) is 0 Å².